The zero-order valence-electron chi connectivity index (χ0n) is 14.0. The maximum absolute atomic E-state index is 14.6. The molecule has 0 amide bonds. The summed E-state index contributed by atoms with van der Waals surface area (Å²) in [6.45, 7) is 5.22. The highest BCUT2D eigenvalue weighted by molar-refractivity contribution is 5.67. The Hall–Kier alpha value is -1.55. The number of likely N-dealkylation sites (tertiary alicyclic amines) is 1. The van der Waals surface area contributed by atoms with Crippen molar-refractivity contribution in [2.75, 3.05) is 26.7 Å². The summed E-state index contributed by atoms with van der Waals surface area (Å²) >= 11 is 0. The zero-order chi connectivity index (χ0) is 16.0. The van der Waals surface area contributed by atoms with Gasteiger partial charge in [0.1, 0.15) is 5.60 Å². The van der Waals surface area contributed by atoms with Crippen molar-refractivity contribution in [3.8, 4) is 5.75 Å². The van der Waals surface area contributed by atoms with Crippen LogP contribution in [-0.2, 0) is 6.42 Å². The van der Waals surface area contributed by atoms with Gasteiger partial charge in [-0.15, -0.1) is 0 Å². The zero-order valence-corrected chi connectivity index (χ0v) is 14.0. The van der Waals surface area contributed by atoms with E-state index in [1.807, 2.05) is 0 Å². The first-order chi connectivity index (χ1) is 11.0. The molecule has 4 rings (SSSR count). The lowest BCUT2D eigenvalue weighted by molar-refractivity contribution is 0.0247. The predicted molar refractivity (Wildman–Crippen MR) is 90.0 cm³/mol. The second-order valence-corrected chi connectivity index (χ2v) is 7.55. The maximum atomic E-state index is 14.6. The highest BCUT2D eigenvalue weighted by atomic mass is 19.1. The van der Waals surface area contributed by atoms with E-state index in [2.05, 4.69) is 36.3 Å². The highest BCUT2D eigenvalue weighted by Crippen LogP contribution is 2.43. The van der Waals surface area contributed by atoms with Gasteiger partial charge in [0.2, 0.25) is 0 Å². The summed E-state index contributed by atoms with van der Waals surface area (Å²) in [6, 6.07) is 3.75. The summed E-state index contributed by atoms with van der Waals surface area (Å²) < 4.78 is 20.7. The molecule has 3 aliphatic heterocycles. The summed E-state index contributed by atoms with van der Waals surface area (Å²) in [5, 5.41) is 3.43. The van der Waals surface area contributed by atoms with Crippen LogP contribution in [0.3, 0.4) is 0 Å². The number of ether oxygens (including phenoxy) is 1. The van der Waals surface area contributed by atoms with E-state index in [0.29, 0.717) is 11.7 Å². The largest absolute Gasteiger partial charge is 0.483 e. The van der Waals surface area contributed by atoms with Crippen LogP contribution in [0.15, 0.2) is 18.2 Å². The van der Waals surface area contributed by atoms with Crippen molar-refractivity contribution < 1.29 is 9.13 Å². The normalized spacial score (nSPS) is 26.4. The maximum Gasteiger partial charge on any atom is 0.166 e. The number of hydrogen-bond donors (Lipinski definition) is 1. The Balaban J connectivity index is 1.61. The predicted octanol–water partition coefficient (Wildman–Crippen LogP) is 3.20. The third kappa shape index (κ3) is 2.74. The fraction of sp³-hybridized carbons (Fsp3) is 0.579. The molecule has 1 saturated heterocycles. The molecule has 1 N–H and O–H groups in total. The molecule has 0 aliphatic carbocycles. The molecule has 0 unspecified atom stereocenters. The Morgan fingerprint density at radius 3 is 2.78 bits per heavy atom. The lowest BCUT2D eigenvalue weighted by Crippen LogP contribution is -2.45. The molecule has 3 aliphatic rings. The summed E-state index contributed by atoms with van der Waals surface area (Å²) in [6.07, 6.45) is 6.03. The molecule has 3 heterocycles. The van der Waals surface area contributed by atoms with Crippen LogP contribution in [0, 0.1) is 11.7 Å². The van der Waals surface area contributed by atoms with Crippen molar-refractivity contribution in [3.05, 3.63) is 35.2 Å². The third-order valence-corrected chi connectivity index (χ3v) is 5.53. The average Bonchev–Trinajstić information content (AvgIpc) is 2.90. The van der Waals surface area contributed by atoms with Crippen LogP contribution in [0.1, 0.15) is 37.3 Å². The van der Waals surface area contributed by atoms with E-state index in [4.69, 9.17) is 4.74 Å². The van der Waals surface area contributed by atoms with Gasteiger partial charge in [0.05, 0.1) is 0 Å². The molecular formula is C19H25FN2O. The molecule has 1 aromatic carbocycles. The second kappa shape index (κ2) is 5.52. The number of fused-ring (bicyclic) bond motifs is 1. The van der Waals surface area contributed by atoms with Crippen LogP contribution in [0.5, 0.6) is 5.75 Å². The van der Waals surface area contributed by atoms with E-state index >= 15 is 0 Å². The van der Waals surface area contributed by atoms with Gasteiger partial charge in [-0.05, 0) is 31.5 Å². The molecule has 1 spiro atoms. The fourth-order valence-electron chi connectivity index (χ4n) is 3.93. The van der Waals surface area contributed by atoms with Crippen LogP contribution in [0.2, 0.25) is 0 Å². The Kier molecular flexibility index (Phi) is 3.60. The van der Waals surface area contributed by atoms with Gasteiger partial charge in [-0.3, -0.25) is 0 Å². The standard InChI is InChI=1S/C19H25FN2O/c1-13-3-4-17(21-12-13)14-9-15-11-19(5-7-22(2)8-6-19)23-18(15)16(20)10-14/h4,9-10,13,21H,3,5-8,11-12H2,1-2H3/t13-/m0/s1. The van der Waals surface area contributed by atoms with E-state index in [-0.39, 0.29) is 11.4 Å². The number of piperidine rings is 1. The van der Waals surface area contributed by atoms with E-state index in [1.165, 1.54) is 0 Å². The summed E-state index contributed by atoms with van der Waals surface area (Å²) in [5.74, 6) is 0.918. The lowest BCUT2D eigenvalue weighted by atomic mass is 9.87. The Bertz CT molecular complexity index is 647. The molecule has 0 bridgehead atoms. The van der Waals surface area contributed by atoms with Crippen molar-refractivity contribution in [1.29, 1.82) is 0 Å². The third-order valence-electron chi connectivity index (χ3n) is 5.53. The minimum Gasteiger partial charge on any atom is -0.483 e. The highest BCUT2D eigenvalue weighted by Gasteiger charge is 2.42. The minimum absolute atomic E-state index is 0.183. The summed E-state index contributed by atoms with van der Waals surface area (Å²) in [7, 11) is 2.13. The van der Waals surface area contributed by atoms with Crippen LogP contribution in [-0.4, -0.2) is 37.2 Å². The van der Waals surface area contributed by atoms with Gasteiger partial charge >= 0.3 is 0 Å². The Labute approximate surface area is 137 Å². The van der Waals surface area contributed by atoms with E-state index < -0.39 is 0 Å². The van der Waals surface area contributed by atoms with Crippen LogP contribution >= 0.6 is 0 Å². The number of nitrogens with one attached hydrogen (secondary N) is 1. The molecule has 0 aromatic heterocycles. The SMILES string of the molecule is C[C@H]1CC=C(c2cc(F)c3c(c2)CC2(CCN(C)CC2)O3)NC1. The van der Waals surface area contributed by atoms with Crippen molar-refractivity contribution in [2.24, 2.45) is 5.92 Å². The number of benzene rings is 1. The molecule has 4 heteroatoms. The number of rotatable bonds is 1. The Morgan fingerprint density at radius 2 is 2.09 bits per heavy atom. The van der Waals surface area contributed by atoms with Crippen LogP contribution < -0.4 is 10.1 Å². The smallest absolute Gasteiger partial charge is 0.166 e. The molecule has 0 radical (unpaired) electrons. The van der Waals surface area contributed by atoms with Crippen molar-refractivity contribution >= 4 is 5.70 Å². The molecule has 1 aromatic rings. The summed E-state index contributed by atoms with van der Waals surface area (Å²) in [5.41, 5.74) is 2.87. The minimum atomic E-state index is -0.213. The van der Waals surface area contributed by atoms with Crippen LogP contribution in [0.4, 0.5) is 4.39 Å². The van der Waals surface area contributed by atoms with Crippen molar-refractivity contribution in [1.82, 2.24) is 10.2 Å². The first-order valence-electron chi connectivity index (χ1n) is 8.69. The first kappa shape index (κ1) is 15.0. The van der Waals surface area contributed by atoms with Crippen molar-refractivity contribution in [3.63, 3.8) is 0 Å². The van der Waals surface area contributed by atoms with E-state index in [1.54, 1.807) is 6.07 Å². The molecule has 0 saturated carbocycles. The first-order valence-corrected chi connectivity index (χ1v) is 8.69. The topological polar surface area (TPSA) is 24.5 Å². The molecule has 3 nitrogen and oxygen atoms in total. The van der Waals surface area contributed by atoms with E-state index in [9.17, 15) is 4.39 Å². The molecule has 1 atom stereocenters. The van der Waals surface area contributed by atoms with Crippen molar-refractivity contribution in [2.45, 2.75) is 38.2 Å². The average molecular weight is 316 g/mol. The van der Waals surface area contributed by atoms with Gasteiger partial charge in [-0.25, -0.2) is 4.39 Å². The number of allylic oxidation sites excluding steroid dienone is 1. The molecule has 23 heavy (non-hydrogen) atoms. The van der Waals surface area contributed by atoms with Gasteiger partial charge in [0.15, 0.2) is 11.6 Å². The Morgan fingerprint density at radius 1 is 1.30 bits per heavy atom. The summed E-state index contributed by atoms with van der Waals surface area (Å²) in [4.78, 5) is 2.32. The number of nitrogens with zero attached hydrogens (tertiary/aromatic N) is 1. The van der Waals surface area contributed by atoms with Gasteiger partial charge in [0, 0.05) is 55.7 Å². The molecule has 1 fully saturated rings. The quantitative estimate of drug-likeness (QED) is 0.861. The number of halogens is 1. The fourth-order valence-corrected chi connectivity index (χ4v) is 3.93. The van der Waals surface area contributed by atoms with Gasteiger partial charge in [-0.2, -0.15) is 0 Å². The second-order valence-electron chi connectivity index (χ2n) is 7.55. The van der Waals surface area contributed by atoms with Crippen LogP contribution in [0.25, 0.3) is 5.70 Å². The van der Waals surface area contributed by atoms with Gasteiger partial charge in [-0.1, -0.05) is 13.0 Å². The van der Waals surface area contributed by atoms with E-state index in [0.717, 1.165) is 62.1 Å². The van der Waals surface area contributed by atoms with Gasteiger partial charge in [0.25, 0.3) is 0 Å². The molecular weight excluding hydrogens is 291 g/mol. The lowest BCUT2D eigenvalue weighted by Gasteiger charge is -2.37. The number of hydrogen-bond acceptors (Lipinski definition) is 3. The monoisotopic (exact) mass is 316 g/mol. The molecule has 124 valence electrons. The van der Waals surface area contributed by atoms with Gasteiger partial charge < -0.3 is 15.0 Å².